The summed E-state index contributed by atoms with van der Waals surface area (Å²) < 4.78 is 1.75. The molecule has 0 aliphatic rings. The Bertz CT molecular complexity index is 1240. The Labute approximate surface area is 183 Å². The zero-order valence-electron chi connectivity index (χ0n) is 15.7. The molecule has 4 aromatic rings. The minimum atomic E-state index is -0.0344. The number of benzene rings is 3. The molecule has 0 aliphatic heterocycles. The van der Waals surface area contributed by atoms with E-state index < -0.39 is 0 Å². The van der Waals surface area contributed by atoms with Gasteiger partial charge in [-0.25, -0.2) is 4.98 Å². The van der Waals surface area contributed by atoms with Crippen LogP contribution in [0.4, 0.5) is 0 Å². The summed E-state index contributed by atoms with van der Waals surface area (Å²) in [4.78, 5) is 18.0. The van der Waals surface area contributed by atoms with Gasteiger partial charge in [0.05, 0.1) is 27.5 Å². The summed E-state index contributed by atoms with van der Waals surface area (Å²) in [7, 11) is 0. The van der Waals surface area contributed by atoms with Crippen LogP contribution in [0.5, 0.6) is 0 Å². The minimum absolute atomic E-state index is 0.0344. The Morgan fingerprint density at radius 3 is 2.41 bits per heavy atom. The molecule has 0 unspecified atom stereocenters. The van der Waals surface area contributed by atoms with Crippen molar-refractivity contribution in [3.05, 3.63) is 104 Å². The lowest BCUT2D eigenvalue weighted by atomic mass is 10.1. The van der Waals surface area contributed by atoms with Gasteiger partial charge in [-0.3, -0.25) is 9.36 Å². The van der Waals surface area contributed by atoms with E-state index in [0.29, 0.717) is 38.4 Å². The normalized spacial score (nSPS) is 11.1. The van der Waals surface area contributed by atoms with Crippen LogP contribution in [0.3, 0.4) is 0 Å². The molecule has 0 radical (unpaired) electrons. The molecular weight excluding hydrogens is 423 g/mol. The summed E-state index contributed by atoms with van der Waals surface area (Å²) in [5, 5.41) is 2.35. The van der Waals surface area contributed by atoms with Gasteiger partial charge in [-0.2, -0.15) is 0 Å². The Kier molecular flexibility index (Phi) is 5.95. The fraction of sp³-hybridized carbons (Fsp3) is 0.130. The van der Waals surface area contributed by atoms with Crippen molar-refractivity contribution in [1.29, 1.82) is 0 Å². The third kappa shape index (κ3) is 4.50. The van der Waals surface area contributed by atoms with Crippen LogP contribution >= 0.6 is 35.0 Å². The molecule has 0 bridgehead atoms. The molecule has 29 heavy (non-hydrogen) atoms. The van der Waals surface area contributed by atoms with Crippen molar-refractivity contribution < 1.29 is 0 Å². The van der Waals surface area contributed by atoms with Gasteiger partial charge in [0.2, 0.25) is 0 Å². The lowest BCUT2D eigenvalue weighted by Gasteiger charge is -2.14. The molecular formula is C23H18Cl2N2OS. The van der Waals surface area contributed by atoms with Crippen molar-refractivity contribution >= 4 is 45.9 Å². The fourth-order valence-corrected chi connectivity index (χ4v) is 4.31. The molecule has 0 atom stereocenters. The molecule has 0 fully saturated rings. The van der Waals surface area contributed by atoms with Gasteiger partial charge in [-0.05, 0) is 42.3 Å². The Morgan fingerprint density at radius 2 is 1.66 bits per heavy atom. The van der Waals surface area contributed by atoms with Crippen LogP contribution in [0.2, 0.25) is 10.0 Å². The summed E-state index contributed by atoms with van der Waals surface area (Å²) in [5.41, 5.74) is 3.94. The number of fused-ring (bicyclic) bond motifs is 1. The monoisotopic (exact) mass is 440 g/mol. The number of nitrogens with zero attached hydrogens (tertiary/aromatic N) is 2. The molecule has 0 spiro atoms. The van der Waals surface area contributed by atoms with Gasteiger partial charge < -0.3 is 0 Å². The summed E-state index contributed by atoms with van der Waals surface area (Å²) in [6.45, 7) is 2.52. The van der Waals surface area contributed by atoms with Crippen molar-refractivity contribution in [3.8, 4) is 0 Å². The van der Waals surface area contributed by atoms with Crippen molar-refractivity contribution in [2.75, 3.05) is 0 Å². The van der Waals surface area contributed by atoms with Crippen LogP contribution in [0.15, 0.2) is 76.7 Å². The van der Waals surface area contributed by atoms with Gasteiger partial charge in [0.25, 0.3) is 5.56 Å². The molecule has 1 aromatic heterocycles. The number of aryl methyl sites for hydroxylation is 1. The highest BCUT2D eigenvalue weighted by Crippen LogP contribution is 2.27. The Balaban J connectivity index is 1.73. The summed E-state index contributed by atoms with van der Waals surface area (Å²) in [5.74, 6) is 0.634. The van der Waals surface area contributed by atoms with Crippen molar-refractivity contribution in [2.45, 2.75) is 24.4 Å². The first-order valence-corrected chi connectivity index (χ1v) is 10.9. The number of rotatable bonds is 5. The van der Waals surface area contributed by atoms with E-state index in [1.54, 1.807) is 10.6 Å². The average molecular weight is 441 g/mol. The van der Waals surface area contributed by atoms with Gasteiger partial charge in [0, 0.05) is 5.75 Å². The highest BCUT2D eigenvalue weighted by molar-refractivity contribution is 7.98. The van der Waals surface area contributed by atoms with Crippen LogP contribution in [0.25, 0.3) is 10.9 Å². The zero-order chi connectivity index (χ0) is 20.4. The average Bonchev–Trinajstić information content (AvgIpc) is 2.73. The van der Waals surface area contributed by atoms with E-state index in [-0.39, 0.29) is 5.56 Å². The highest BCUT2D eigenvalue weighted by atomic mass is 35.5. The van der Waals surface area contributed by atoms with Crippen LogP contribution in [0.1, 0.15) is 16.7 Å². The van der Waals surface area contributed by atoms with Gasteiger partial charge in [0.1, 0.15) is 0 Å². The summed E-state index contributed by atoms with van der Waals surface area (Å²) >= 11 is 13.7. The van der Waals surface area contributed by atoms with E-state index in [4.69, 9.17) is 28.2 Å². The first-order valence-electron chi connectivity index (χ1n) is 9.13. The van der Waals surface area contributed by atoms with Crippen molar-refractivity contribution in [3.63, 3.8) is 0 Å². The second-order valence-corrected chi connectivity index (χ2v) is 8.58. The first kappa shape index (κ1) is 20.0. The Morgan fingerprint density at radius 1 is 0.931 bits per heavy atom. The first-order chi connectivity index (χ1) is 14.0. The lowest BCUT2D eigenvalue weighted by molar-refractivity contribution is 0.658. The van der Waals surface area contributed by atoms with E-state index in [1.807, 2.05) is 55.5 Å². The predicted octanol–water partition coefficient (Wildman–Crippen LogP) is 6.35. The van der Waals surface area contributed by atoms with Crippen LogP contribution in [0, 0.1) is 6.92 Å². The van der Waals surface area contributed by atoms with Crippen molar-refractivity contribution in [1.82, 2.24) is 9.55 Å². The predicted molar refractivity (Wildman–Crippen MR) is 122 cm³/mol. The summed E-state index contributed by atoms with van der Waals surface area (Å²) in [6.07, 6.45) is 0. The van der Waals surface area contributed by atoms with E-state index in [9.17, 15) is 4.79 Å². The SMILES string of the molecule is Cc1ccc(Cn2c(SCc3ccc(Cl)c(Cl)c3)nc3ccccc3c2=O)cc1. The maximum atomic E-state index is 13.2. The van der Waals surface area contributed by atoms with Gasteiger partial charge >= 0.3 is 0 Å². The van der Waals surface area contributed by atoms with E-state index in [0.717, 1.165) is 11.1 Å². The molecule has 0 saturated carbocycles. The number of aromatic nitrogens is 2. The van der Waals surface area contributed by atoms with Crippen LogP contribution in [-0.2, 0) is 12.3 Å². The molecule has 1 heterocycles. The smallest absolute Gasteiger partial charge is 0.262 e. The van der Waals surface area contributed by atoms with Gasteiger partial charge in [0.15, 0.2) is 5.16 Å². The number of hydrogen-bond acceptors (Lipinski definition) is 3. The molecule has 0 saturated heterocycles. The van der Waals surface area contributed by atoms with E-state index in [1.165, 1.54) is 17.3 Å². The quantitative estimate of drug-likeness (QED) is 0.267. The number of halogens is 2. The maximum absolute atomic E-state index is 13.2. The fourth-order valence-electron chi connectivity index (χ4n) is 3.05. The number of hydrogen-bond donors (Lipinski definition) is 0. The topological polar surface area (TPSA) is 34.9 Å². The lowest BCUT2D eigenvalue weighted by Crippen LogP contribution is -2.24. The second kappa shape index (κ2) is 8.62. The Hall–Kier alpha value is -2.27. The van der Waals surface area contributed by atoms with Gasteiger partial charge in [-0.15, -0.1) is 0 Å². The van der Waals surface area contributed by atoms with E-state index in [2.05, 4.69) is 12.1 Å². The second-order valence-electron chi connectivity index (χ2n) is 6.83. The molecule has 3 nitrogen and oxygen atoms in total. The third-order valence-corrected chi connectivity index (χ3v) is 6.43. The minimum Gasteiger partial charge on any atom is -0.283 e. The van der Waals surface area contributed by atoms with Crippen LogP contribution in [-0.4, -0.2) is 9.55 Å². The van der Waals surface area contributed by atoms with E-state index >= 15 is 0 Å². The maximum Gasteiger partial charge on any atom is 0.262 e. The van der Waals surface area contributed by atoms with Gasteiger partial charge in [-0.1, -0.05) is 83.0 Å². The molecule has 4 rings (SSSR count). The largest absolute Gasteiger partial charge is 0.283 e. The molecule has 146 valence electrons. The van der Waals surface area contributed by atoms with Crippen LogP contribution < -0.4 is 5.56 Å². The molecule has 6 heteroatoms. The summed E-state index contributed by atoms with van der Waals surface area (Å²) in [6, 6.07) is 21.2. The molecule has 3 aromatic carbocycles. The molecule has 0 N–H and O–H groups in total. The molecule has 0 aliphatic carbocycles. The number of thioether (sulfide) groups is 1. The highest BCUT2D eigenvalue weighted by Gasteiger charge is 2.13. The zero-order valence-corrected chi connectivity index (χ0v) is 18.1. The van der Waals surface area contributed by atoms with Crippen molar-refractivity contribution in [2.24, 2.45) is 0 Å². The third-order valence-electron chi connectivity index (χ3n) is 4.64. The standard InChI is InChI=1S/C23H18Cl2N2OS/c1-15-6-8-16(9-7-15)13-27-22(28)18-4-2-3-5-21(18)26-23(27)29-14-17-10-11-19(24)20(25)12-17/h2-12H,13-14H2,1H3. The number of para-hydroxylation sites is 1. The molecule has 0 amide bonds.